The normalized spacial score (nSPS) is 11.0. The number of benzene rings is 2. The molecule has 0 unspecified atom stereocenters. The average Bonchev–Trinajstić information content (AvgIpc) is 2.47. The van der Waals surface area contributed by atoms with E-state index in [1.807, 2.05) is 24.3 Å². The van der Waals surface area contributed by atoms with Crippen LogP contribution in [0.25, 0.3) is 0 Å². The van der Waals surface area contributed by atoms with Gasteiger partial charge in [0.2, 0.25) is 0 Å². The standard InChI is InChI=1S/C19H22N2O2/c1-13(22)14-5-9-16(10-6-14)20-18(23)21-17-11-7-15(8-12-17)19(2,3)4/h5-12H,1-4H3,(H2,20,21,23). The first-order valence-corrected chi connectivity index (χ1v) is 7.55. The molecule has 23 heavy (non-hydrogen) atoms. The Labute approximate surface area is 136 Å². The van der Waals surface area contributed by atoms with Crippen LogP contribution < -0.4 is 10.6 Å². The first-order chi connectivity index (χ1) is 10.8. The fraction of sp³-hybridized carbons (Fsp3) is 0.263. The molecule has 4 heteroatoms. The predicted molar refractivity (Wildman–Crippen MR) is 94.2 cm³/mol. The third kappa shape index (κ3) is 4.68. The van der Waals surface area contributed by atoms with Crippen molar-refractivity contribution in [2.45, 2.75) is 33.1 Å². The molecule has 0 saturated carbocycles. The highest BCUT2D eigenvalue weighted by Gasteiger charge is 2.13. The van der Waals surface area contributed by atoms with Crippen LogP contribution in [0.2, 0.25) is 0 Å². The van der Waals surface area contributed by atoms with Gasteiger partial charge in [-0.05, 0) is 54.3 Å². The van der Waals surface area contributed by atoms with Gasteiger partial charge in [0, 0.05) is 16.9 Å². The van der Waals surface area contributed by atoms with Crippen molar-refractivity contribution in [1.82, 2.24) is 0 Å². The minimum absolute atomic E-state index is 0.0000559. The molecule has 120 valence electrons. The Hall–Kier alpha value is -2.62. The predicted octanol–water partition coefficient (Wildman–Crippen LogP) is 4.83. The molecule has 0 fully saturated rings. The third-order valence-electron chi connectivity index (χ3n) is 3.56. The van der Waals surface area contributed by atoms with Crippen molar-refractivity contribution in [3.05, 3.63) is 59.7 Å². The molecule has 0 saturated heterocycles. The van der Waals surface area contributed by atoms with Crippen molar-refractivity contribution in [3.63, 3.8) is 0 Å². The van der Waals surface area contributed by atoms with Crippen LogP contribution >= 0.6 is 0 Å². The minimum atomic E-state index is -0.316. The number of hydrogen-bond donors (Lipinski definition) is 2. The van der Waals surface area contributed by atoms with E-state index >= 15 is 0 Å². The Morgan fingerprint density at radius 1 is 0.783 bits per heavy atom. The van der Waals surface area contributed by atoms with Gasteiger partial charge in [-0.3, -0.25) is 4.79 Å². The van der Waals surface area contributed by atoms with E-state index in [9.17, 15) is 9.59 Å². The zero-order valence-corrected chi connectivity index (χ0v) is 13.9. The summed E-state index contributed by atoms with van der Waals surface area (Å²) in [6.45, 7) is 7.95. The van der Waals surface area contributed by atoms with Crippen LogP contribution in [0.1, 0.15) is 43.6 Å². The second-order valence-corrected chi connectivity index (χ2v) is 6.54. The number of anilines is 2. The summed E-state index contributed by atoms with van der Waals surface area (Å²) >= 11 is 0. The molecule has 0 atom stereocenters. The van der Waals surface area contributed by atoms with Crippen molar-refractivity contribution in [2.75, 3.05) is 10.6 Å². The highest BCUT2D eigenvalue weighted by Crippen LogP contribution is 2.23. The molecule has 2 N–H and O–H groups in total. The quantitative estimate of drug-likeness (QED) is 0.798. The first kappa shape index (κ1) is 16.7. The lowest BCUT2D eigenvalue weighted by Gasteiger charge is -2.19. The number of amides is 2. The van der Waals surface area contributed by atoms with Crippen LogP contribution in [0, 0.1) is 0 Å². The zero-order valence-electron chi connectivity index (χ0n) is 13.9. The maximum Gasteiger partial charge on any atom is 0.323 e. The number of Topliss-reactive ketones (excluding diaryl/α,β-unsaturated/α-hetero) is 1. The lowest BCUT2D eigenvalue weighted by Crippen LogP contribution is -2.19. The molecule has 2 amide bonds. The number of nitrogens with one attached hydrogen (secondary N) is 2. The second-order valence-electron chi connectivity index (χ2n) is 6.54. The van der Waals surface area contributed by atoms with Gasteiger partial charge in [0.25, 0.3) is 0 Å². The van der Waals surface area contributed by atoms with Crippen molar-refractivity contribution >= 4 is 23.2 Å². The molecule has 0 bridgehead atoms. The van der Waals surface area contributed by atoms with Crippen LogP contribution in [0.3, 0.4) is 0 Å². The van der Waals surface area contributed by atoms with Crippen molar-refractivity contribution in [1.29, 1.82) is 0 Å². The van der Waals surface area contributed by atoms with Gasteiger partial charge in [0.15, 0.2) is 5.78 Å². The Kier molecular flexibility index (Phi) is 4.84. The summed E-state index contributed by atoms with van der Waals surface area (Å²) < 4.78 is 0. The molecule has 2 aromatic carbocycles. The van der Waals surface area contributed by atoms with Gasteiger partial charge in [-0.2, -0.15) is 0 Å². The molecular weight excluding hydrogens is 288 g/mol. The number of ketones is 1. The number of hydrogen-bond acceptors (Lipinski definition) is 2. The van der Waals surface area contributed by atoms with Gasteiger partial charge >= 0.3 is 6.03 Å². The topological polar surface area (TPSA) is 58.2 Å². The molecule has 0 aliphatic carbocycles. The number of carbonyl (C=O) groups is 2. The lowest BCUT2D eigenvalue weighted by atomic mass is 9.87. The molecule has 0 heterocycles. The van der Waals surface area contributed by atoms with Gasteiger partial charge in [-0.15, -0.1) is 0 Å². The van der Waals surface area contributed by atoms with Gasteiger partial charge in [-0.1, -0.05) is 32.9 Å². The second kappa shape index (κ2) is 6.65. The van der Waals surface area contributed by atoms with E-state index in [-0.39, 0.29) is 17.2 Å². The lowest BCUT2D eigenvalue weighted by molar-refractivity contribution is 0.101. The molecule has 0 aliphatic rings. The molecule has 0 radical (unpaired) electrons. The third-order valence-corrected chi connectivity index (χ3v) is 3.56. The maximum absolute atomic E-state index is 12.0. The first-order valence-electron chi connectivity index (χ1n) is 7.55. The fourth-order valence-electron chi connectivity index (χ4n) is 2.14. The van der Waals surface area contributed by atoms with Crippen LogP contribution in [-0.4, -0.2) is 11.8 Å². The Morgan fingerprint density at radius 2 is 1.22 bits per heavy atom. The summed E-state index contributed by atoms with van der Waals surface area (Å²) in [5.41, 5.74) is 3.28. The van der Waals surface area contributed by atoms with Crippen molar-refractivity contribution < 1.29 is 9.59 Å². The van der Waals surface area contributed by atoms with Crippen LogP contribution in [0.4, 0.5) is 16.2 Å². The fourth-order valence-corrected chi connectivity index (χ4v) is 2.14. The summed E-state index contributed by atoms with van der Waals surface area (Å²) in [7, 11) is 0. The van der Waals surface area contributed by atoms with E-state index < -0.39 is 0 Å². The Bertz CT molecular complexity index is 696. The van der Waals surface area contributed by atoms with Gasteiger partial charge in [-0.25, -0.2) is 4.79 Å². The van der Waals surface area contributed by atoms with Crippen LogP contribution in [0.15, 0.2) is 48.5 Å². The number of rotatable bonds is 3. The zero-order chi connectivity index (χ0) is 17.0. The van der Waals surface area contributed by atoms with E-state index in [2.05, 4.69) is 31.4 Å². The summed E-state index contributed by atoms with van der Waals surface area (Å²) in [5.74, 6) is -0.0000559. The number of carbonyl (C=O) groups excluding carboxylic acids is 2. The molecule has 2 rings (SSSR count). The van der Waals surface area contributed by atoms with E-state index in [1.54, 1.807) is 24.3 Å². The highest BCUT2D eigenvalue weighted by molar-refractivity contribution is 6.00. The van der Waals surface area contributed by atoms with E-state index in [0.29, 0.717) is 11.3 Å². The van der Waals surface area contributed by atoms with Crippen molar-refractivity contribution in [2.24, 2.45) is 0 Å². The molecule has 4 nitrogen and oxygen atoms in total. The molecule has 0 aromatic heterocycles. The average molecular weight is 310 g/mol. The van der Waals surface area contributed by atoms with E-state index in [1.165, 1.54) is 12.5 Å². The smallest absolute Gasteiger partial charge is 0.308 e. The summed E-state index contributed by atoms with van der Waals surface area (Å²) in [6, 6.07) is 14.3. The maximum atomic E-state index is 12.0. The van der Waals surface area contributed by atoms with Gasteiger partial charge in [0.1, 0.15) is 0 Å². The van der Waals surface area contributed by atoms with Crippen LogP contribution in [0.5, 0.6) is 0 Å². The number of urea groups is 1. The SMILES string of the molecule is CC(=O)c1ccc(NC(=O)Nc2ccc(C(C)(C)C)cc2)cc1. The summed E-state index contributed by atoms with van der Waals surface area (Å²) in [6.07, 6.45) is 0. The Morgan fingerprint density at radius 3 is 1.61 bits per heavy atom. The molecule has 2 aromatic rings. The van der Waals surface area contributed by atoms with E-state index in [4.69, 9.17) is 0 Å². The summed E-state index contributed by atoms with van der Waals surface area (Å²) in [4.78, 5) is 23.2. The largest absolute Gasteiger partial charge is 0.323 e. The Balaban J connectivity index is 1.98. The van der Waals surface area contributed by atoms with Crippen molar-refractivity contribution in [3.8, 4) is 0 Å². The van der Waals surface area contributed by atoms with Gasteiger partial charge < -0.3 is 10.6 Å². The minimum Gasteiger partial charge on any atom is -0.308 e. The molecule has 0 aliphatic heterocycles. The molecule has 0 spiro atoms. The van der Waals surface area contributed by atoms with Gasteiger partial charge in [0.05, 0.1) is 0 Å². The van der Waals surface area contributed by atoms with Crippen LogP contribution in [-0.2, 0) is 5.41 Å². The monoisotopic (exact) mass is 310 g/mol. The highest BCUT2D eigenvalue weighted by atomic mass is 16.2. The molecular formula is C19H22N2O2. The summed E-state index contributed by atoms with van der Waals surface area (Å²) in [5, 5.41) is 5.53. The van der Waals surface area contributed by atoms with E-state index in [0.717, 1.165) is 5.69 Å².